The number of aromatic nitrogens is 4. The van der Waals surface area contributed by atoms with E-state index in [1.54, 1.807) is 23.5 Å². The van der Waals surface area contributed by atoms with Crippen LogP contribution in [0, 0.1) is 0 Å². The highest BCUT2D eigenvalue weighted by Crippen LogP contribution is 2.33. The monoisotopic (exact) mass is 562 g/mol. The zero-order valence-corrected chi connectivity index (χ0v) is 23.9. The molecule has 11 heteroatoms. The number of hydrogen-bond donors (Lipinski definition) is 0. The second-order valence-corrected chi connectivity index (χ2v) is 11.2. The lowest BCUT2D eigenvalue weighted by atomic mass is 10.2. The van der Waals surface area contributed by atoms with Crippen LogP contribution in [0.25, 0.3) is 11.2 Å². The van der Waals surface area contributed by atoms with Crippen LogP contribution in [-0.2, 0) is 11.2 Å². The topological polar surface area (TPSA) is 73.1 Å². The van der Waals surface area contributed by atoms with Gasteiger partial charge in [0.1, 0.15) is 11.6 Å². The normalized spacial score (nSPS) is 18.4. The van der Waals surface area contributed by atoms with Gasteiger partial charge in [-0.1, -0.05) is 19.1 Å². The van der Waals surface area contributed by atoms with E-state index in [2.05, 4.69) is 27.7 Å². The molecule has 0 atom stereocenters. The summed E-state index contributed by atoms with van der Waals surface area (Å²) in [7, 11) is 2.00. The number of anilines is 3. The van der Waals surface area contributed by atoms with Crippen molar-refractivity contribution in [1.29, 1.82) is 0 Å². The minimum atomic E-state index is -0.223. The molecule has 2 fully saturated rings. The molecule has 0 radical (unpaired) electrons. The summed E-state index contributed by atoms with van der Waals surface area (Å²) in [6, 6.07) is 4.10. The lowest BCUT2D eigenvalue weighted by Gasteiger charge is -2.36. The van der Waals surface area contributed by atoms with E-state index in [-0.39, 0.29) is 5.83 Å². The van der Waals surface area contributed by atoms with Crippen molar-refractivity contribution in [1.82, 2.24) is 29.4 Å². The zero-order valence-electron chi connectivity index (χ0n) is 23.1. The molecule has 6 rings (SSSR count). The van der Waals surface area contributed by atoms with Crippen LogP contribution in [0.4, 0.5) is 21.2 Å². The van der Waals surface area contributed by atoms with E-state index in [0.717, 1.165) is 98.0 Å². The molecule has 3 aromatic heterocycles. The number of piperazine rings is 1. The molecule has 0 bridgehead atoms. The summed E-state index contributed by atoms with van der Waals surface area (Å²) in [5.41, 5.74) is 3.52. The summed E-state index contributed by atoms with van der Waals surface area (Å²) in [6.07, 6.45) is 9.83. The Kier molecular flexibility index (Phi) is 7.66. The summed E-state index contributed by atoms with van der Waals surface area (Å²) in [5.74, 6) is 1.91. The predicted molar refractivity (Wildman–Crippen MR) is 158 cm³/mol. The summed E-state index contributed by atoms with van der Waals surface area (Å²) in [5, 5.41) is 7.89. The van der Waals surface area contributed by atoms with Crippen molar-refractivity contribution in [3.05, 3.63) is 59.0 Å². The minimum Gasteiger partial charge on any atom is -0.353 e. The van der Waals surface area contributed by atoms with Crippen molar-refractivity contribution in [2.75, 3.05) is 62.7 Å². The van der Waals surface area contributed by atoms with Gasteiger partial charge in [-0.15, -0.1) is 16.4 Å². The van der Waals surface area contributed by atoms with Crippen molar-refractivity contribution in [3.63, 3.8) is 0 Å². The zero-order chi connectivity index (χ0) is 27.6. The lowest BCUT2D eigenvalue weighted by molar-refractivity contribution is -0.127. The van der Waals surface area contributed by atoms with E-state index in [4.69, 9.17) is 15.1 Å². The number of aryl methyl sites for hydroxylation is 1. The van der Waals surface area contributed by atoms with Crippen molar-refractivity contribution in [3.8, 4) is 0 Å². The number of carbonyl (C=O) groups is 1. The van der Waals surface area contributed by atoms with Crippen LogP contribution < -0.4 is 9.80 Å². The fourth-order valence-corrected chi connectivity index (χ4v) is 6.34. The first-order valence-electron chi connectivity index (χ1n) is 14.1. The number of halogens is 1. The molecule has 0 spiro atoms. The van der Waals surface area contributed by atoms with E-state index in [1.807, 2.05) is 34.0 Å². The fourth-order valence-electron chi connectivity index (χ4n) is 5.54. The number of rotatable bonds is 8. The number of fused-ring (bicyclic) bond motifs is 1. The van der Waals surface area contributed by atoms with Gasteiger partial charge in [-0.3, -0.25) is 9.69 Å². The SMILES string of the molecule is CCc1nc2ccc(N3CCN(CCN4CCCC4=O)CC3)nn2c1N(C)c1nc(C2=CCC=C(F)C=C2)cs1. The first-order valence-corrected chi connectivity index (χ1v) is 15.0. The molecule has 2 aliphatic heterocycles. The number of nitrogens with zero attached hydrogens (tertiary/aromatic N) is 8. The summed E-state index contributed by atoms with van der Waals surface area (Å²) >= 11 is 1.55. The molecule has 0 saturated carbocycles. The molecule has 1 amide bonds. The van der Waals surface area contributed by atoms with Crippen LogP contribution in [0.5, 0.6) is 0 Å². The lowest BCUT2D eigenvalue weighted by Crippen LogP contribution is -2.49. The summed E-state index contributed by atoms with van der Waals surface area (Å²) < 4.78 is 15.6. The van der Waals surface area contributed by atoms with Crippen LogP contribution in [0.3, 0.4) is 0 Å². The molecule has 2 saturated heterocycles. The number of amides is 1. The molecule has 210 valence electrons. The maximum Gasteiger partial charge on any atom is 0.222 e. The predicted octanol–water partition coefficient (Wildman–Crippen LogP) is 4.46. The van der Waals surface area contributed by atoms with Gasteiger partial charge < -0.3 is 14.7 Å². The first-order chi connectivity index (χ1) is 19.5. The molecule has 5 heterocycles. The van der Waals surface area contributed by atoms with E-state index >= 15 is 0 Å². The molecular formula is C29H35FN8OS. The Morgan fingerprint density at radius 1 is 1.05 bits per heavy atom. The average molecular weight is 563 g/mol. The van der Waals surface area contributed by atoms with Crippen LogP contribution in [0.2, 0.25) is 0 Å². The van der Waals surface area contributed by atoms with Gasteiger partial charge in [-0.2, -0.15) is 4.52 Å². The Morgan fingerprint density at radius 2 is 1.90 bits per heavy atom. The maximum absolute atomic E-state index is 13.7. The van der Waals surface area contributed by atoms with Gasteiger partial charge in [0.2, 0.25) is 5.91 Å². The minimum absolute atomic E-state index is 0.223. The van der Waals surface area contributed by atoms with Gasteiger partial charge in [0.05, 0.1) is 11.4 Å². The second-order valence-electron chi connectivity index (χ2n) is 10.4. The van der Waals surface area contributed by atoms with E-state index in [0.29, 0.717) is 18.7 Å². The van der Waals surface area contributed by atoms with E-state index < -0.39 is 0 Å². The van der Waals surface area contributed by atoms with Gasteiger partial charge in [0.25, 0.3) is 0 Å². The van der Waals surface area contributed by atoms with Gasteiger partial charge in [0, 0.05) is 64.7 Å². The molecule has 9 nitrogen and oxygen atoms in total. The van der Waals surface area contributed by atoms with Gasteiger partial charge in [-0.25, -0.2) is 14.4 Å². The Hall–Kier alpha value is -3.57. The van der Waals surface area contributed by atoms with Crippen molar-refractivity contribution in [2.45, 2.75) is 32.6 Å². The number of allylic oxidation sites excluding steroid dienone is 6. The van der Waals surface area contributed by atoms with Gasteiger partial charge in [-0.05, 0) is 49.1 Å². The fraction of sp³-hybridized carbons (Fsp3) is 0.448. The largest absolute Gasteiger partial charge is 0.353 e. The van der Waals surface area contributed by atoms with Crippen LogP contribution in [-0.4, -0.2) is 88.2 Å². The second kappa shape index (κ2) is 11.5. The van der Waals surface area contributed by atoms with Gasteiger partial charge in [0.15, 0.2) is 16.6 Å². The Labute approximate surface area is 237 Å². The molecule has 0 unspecified atom stereocenters. The number of carbonyl (C=O) groups excluding carboxylic acids is 1. The molecule has 3 aromatic rings. The molecule has 0 N–H and O–H groups in total. The highest BCUT2D eigenvalue weighted by Gasteiger charge is 2.24. The highest BCUT2D eigenvalue weighted by molar-refractivity contribution is 7.13. The molecular weight excluding hydrogens is 527 g/mol. The van der Waals surface area contributed by atoms with E-state index in [9.17, 15) is 9.18 Å². The quantitative estimate of drug-likeness (QED) is 0.402. The third-order valence-corrected chi connectivity index (χ3v) is 8.78. The standard InChI is InChI=1S/C29H35FN8OS/c1-3-23-28(34(2)29-32-24(20-40-29)21-6-4-7-22(30)10-9-21)38-25(31-23)11-12-26(33-38)36-17-14-35(15-18-36)16-19-37-13-5-8-27(37)39/h6-7,9-12,20H,3-5,8,13-19H2,1-2H3. The molecule has 3 aliphatic rings. The summed E-state index contributed by atoms with van der Waals surface area (Å²) in [4.78, 5) is 30.5. The first kappa shape index (κ1) is 26.6. The van der Waals surface area contributed by atoms with Gasteiger partial charge >= 0.3 is 0 Å². The average Bonchev–Trinajstić information content (AvgIpc) is 3.68. The van der Waals surface area contributed by atoms with Crippen LogP contribution >= 0.6 is 11.3 Å². The maximum atomic E-state index is 13.7. The highest BCUT2D eigenvalue weighted by atomic mass is 32.1. The van der Waals surface area contributed by atoms with E-state index in [1.165, 1.54) is 6.08 Å². The van der Waals surface area contributed by atoms with Crippen LogP contribution in [0.15, 0.2) is 47.6 Å². The molecule has 1 aliphatic carbocycles. The third-order valence-electron chi connectivity index (χ3n) is 7.86. The smallest absolute Gasteiger partial charge is 0.222 e. The number of thiazole rings is 1. The van der Waals surface area contributed by atoms with Crippen molar-refractivity contribution < 1.29 is 9.18 Å². The Balaban J connectivity index is 1.18. The Morgan fingerprint density at radius 3 is 2.67 bits per heavy atom. The third kappa shape index (κ3) is 5.40. The number of imidazole rings is 1. The summed E-state index contributed by atoms with van der Waals surface area (Å²) in [6.45, 7) is 8.43. The number of hydrogen-bond acceptors (Lipinski definition) is 8. The van der Waals surface area contributed by atoms with Crippen LogP contribution in [0.1, 0.15) is 37.6 Å². The molecule has 0 aromatic carbocycles. The number of likely N-dealkylation sites (tertiary alicyclic amines) is 1. The van der Waals surface area contributed by atoms with Crippen molar-refractivity contribution in [2.24, 2.45) is 0 Å². The van der Waals surface area contributed by atoms with Crippen molar-refractivity contribution >= 4 is 45.2 Å². The molecule has 40 heavy (non-hydrogen) atoms. The Bertz CT molecular complexity index is 1480.